The topological polar surface area (TPSA) is 586 Å². The van der Waals surface area contributed by atoms with E-state index in [-0.39, 0.29) is 101 Å². The fourth-order valence-corrected chi connectivity index (χ4v) is 9.97. The summed E-state index contributed by atoms with van der Waals surface area (Å²) in [5, 5.41) is 61.0. The van der Waals surface area contributed by atoms with E-state index in [4.69, 9.17) is 28.7 Å². The number of hydrogen-bond donors (Lipinski definition) is 18. The summed E-state index contributed by atoms with van der Waals surface area (Å²) in [6, 6.07) is -8.44. The maximum Gasteiger partial charge on any atom is 0.326 e. The van der Waals surface area contributed by atoms with Crippen molar-refractivity contribution in [2.75, 3.05) is 19.6 Å². The van der Waals surface area contributed by atoms with Crippen LogP contribution < -0.4 is 76.5 Å². The van der Waals surface area contributed by atoms with E-state index >= 15 is 0 Å². The number of carboxylic acids is 4. The molecule has 0 spiro atoms. The Bertz CT molecular complexity index is 2890. The summed E-state index contributed by atoms with van der Waals surface area (Å²) in [6.45, 7) is 11.4. The van der Waals surface area contributed by atoms with E-state index in [1.165, 1.54) is 0 Å². The fraction of sp³-hybridized carbons (Fsp3) is 0.633. The van der Waals surface area contributed by atoms with E-state index in [9.17, 15) is 87.5 Å². The highest BCUT2D eigenvalue weighted by atomic mass is 16.4. The number of carbonyl (C=O) groups excluding carboxylic acids is 10. The molecule has 1 fully saturated rings. The molecule has 2 rings (SSSR count). The maximum absolute atomic E-state index is 14.5. The van der Waals surface area contributed by atoms with Gasteiger partial charge < -0.3 is 102 Å². The minimum Gasteiger partial charge on any atom is -0.481 e. The number of nitrogens with zero attached hydrogens (tertiary/aromatic N) is 3. The molecular weight excluding hydrogens is 1250 g/mol. The summed E-state index contributed by atoms with van der Waals surface area (Å²) in [6.07, 6.45) is -2.92. The van der Waals surface area contributed by atoms with Crippen LogP contribution >= 0.6 is 0 Å². The lowest BCUT2D eigenvalue weighted by Gasteiger charge is -2.30. The summed E-state index contributed by atoms with van der Waals surface area (Å²) in [5.41, 5.74) is 28.4. The van der Waals surface area contributed by atoms with Crippen LogP contribution in [0.1, 0.15) is 138 Å². The summed E-state index contributed by atoms with van der Waals surface area (Å²) in [5.74, 6) is -17.2. The standard InChI is InChI=1S/C60H97N17O18/c1-8-32(6)47(58(94)95)76-52(88)37(18-13-23-67-60(64)65)69-51(87)38(20-21-44(78)79)70-55(91)41(28-45(80)81)72-48(84)33(7)68-53(89)40(27-34-15-10-9-11-16-34)74-54(90)39(26-31(4)5)73-50(86)36(17-12-22-66-59(62)63)71-56(92)43-19-14-24-77(43)57(93)42(29-46(82)83)75-49(85)35(61)25-30(2)3/h9-11,15-16,30-33,35-43,47H,8,12-14,17-29,61H2,1-7H3,(H,68,89)(H,69,87)(H,70,91)(H,71,92)(H,72,84)(H,73,86)(H,74,90)(H,75,85)(H,76,88)(H,78,79)(H,80,81)(H,82,83)(H,94,95)(H4,62,63,66)(H4,64,65,67)/t32-,33-,35-,36-,37-,38-,39-,40-,41-,42-,43-,47-/m0/s1. The van der Waals surface area contributed by atoms with E-state index in [2.05, 4.69) is 57.8 Å². The summed E-state index contributed by atoms with van der Waals surface area (Å²) in [4.78, 5) is 197. The molecule has 1 heterocycles. The Hall–Kier alpha value is -9.70. The molecule has 95 heavy (non-hydrogen) atoms. The predicted octanol–water partition coefficient (Wildman–Crippen LogP) is -3.93. The van der Waals surface area contributed by atoms with Crippen LogP contribution in [0.3, 0.4) is 0 Å². The SMILES string of the molecule is CC[C@H](C)[C@H](NC(=O)[C@H](CCCN=C(N)N)NC(=O)[C@H](CCC(=O)O)NC(=O)[C@H](CC(=O)O)NC(=O)[C@H](C)NC(=O)[C@H](Cc1ccccc1)NC(=O)[C@H](CC(C)C)NC(=O)[C@H](CCCN=C(N)N)NC(=O)[C@@H]1CCCN1C(=O)[C@H](CC(=O)O)NC(=O)[C@@H](N)CC(C)C)C(=O)O. The second kappa shape index (κ2) is 41.1. The monoisotopic (exact) mass is 1340 g/mol. The van der Waals surface area contributed by atoms with E-state index in [1.807, 2.05) is 13.8 Å². The van der Waals surface area contributed by atoms with E-state index in [0.717, 1.165) is 11.8 Å². The molecule has 35 heteroatoms. The molecule has 0 unspecified atom stereocenters. The van der Waals surface area contributed by atoms with Crippen molar-refractivity contribution < 1.29 is 87.5 Å². The molecule has 10 amide bonds. The largest absolute Gasteiger partial charge is 0.481 e. The lowest BCUT2D eigenvalue weighted by Crippen LogP contribution is -2.61. The number of nitrogens with one attached hydrogen (secondary N) is 9. The number of guanidine groups is 2. The highest BCUT2D eigenvalue weighted by Gasteiger charge is 2.41. The van der Waals surface area contributed by atoms with E-state index in [0.29, 0.717) is 12.0 Å². The minimum atomic E-state index is -2.01. The molecule has 1 aliphatic heterocycles. The third kappa shape index (κ3) is 30.3. The molecule has 23 N–H and O–H groups in total. The van der Waals surface area contributed by atoms with Gasteiger partial charge in [0.15, 0.2) is 11.9 Å². The zero-order valence-electron chi connectivity index (χ0n) is 54.7. The van der Waals surface area contributed by atoms with Crippen LogP contribution in [-0.4, -0.2) is 206 Å². The first-order valence-electron chi connectivity index (χ1n) is 31.4. The number of nitrogens with two attached hydrogens (primary N) is 5. The Morgan fingerprint density at radius 3 is 1.48 bits per heavy atom. The van der Waals surface area contributed by atoms with Crippen LogP contribution in [0.25, 0.3) is 0 Å². The molecular formula is C60H97N17O18. The molecule has 1 aromatic carbocycles. The Morgan fingerprint density at radius 2 is 0.979 bits per heavy atom. The number of amides is 10. The van der Waals surface area contributed by atoms with Crippen molar-refractivity contribution in [2.45, 2.75) is 205 Å². The second-order valence-electron chi connectivity index (χ2n) is 24.1. The highest BCUT2D eigenvalue weighted by Crippen LogP contribution is 2.21. The van der Waals surface area contributed by atoms with Crippen LogP contribution in [0.4, 0.5) is 0 Å². The number of carbonyl (C=O) groups is 14. The number of benzene rings is 1. The summed E-state index contributed by atoms with van der Waals surface area (Å²) >= 11 is 0. The first kappa shape index (κ1) is 81.4. The maximum atomic E-state index is 14.5. The summed E-state index contributed by atoms with van der Waals surface area (Å²) < 4.78 is 0. The van der Waals surface area contributed by atoms with Gasteiger partial charge in [-0.05, 0) is 88.0 Å². The molecule has 0 radical (unpaired) electrons. The molecule has 35 nitrogen and oxygen atoms in total. The van der Waals surface area contributed by atoms with Gasteiger partial charge in [0.05, 0.1) is 18.9 Å². The molecule has 1 aromatic rings. The van der Waals surface area contributed by atoms with Crippen molar-refractivity contribution in [3.8, 4) is 0 Å². The van der Waals surface area contributed by atoms with Crippen molar-refractivity contribution in [1.29, 1.82) is 0 Å². The number of likely N-dealkylation sites (tertiary alicyclic amines) is 1. The zero-order valence-corrected chi connectivity index (χ0v) is 54.7. The number of aliphatic carboxylic acids is 4. The van der Waals surface area contributed by atoms with Crippen LogP contribution in [0.15, 0.2) is 40.3 Å². The molecule has 0 aromatic heterocycles. The third-order valence-corrected chi connectivity index (χ3v) is 15.1. The van der Waals surface area contributed by atoms with Gasteiger partial charge in [-0.3, -0.25) is 72.3 Å². The van der Waals surface area contributed by atoms with E-state index < -0.39 is 181 Å². The van der Waals surface area contributed by atoms with Crippen molar-refractivity contribution in [3.05, 3.63) is 35.9 Å². The fourth-order valence-electron chi connectivity index (χ4n) is 9.97. The van der Waals surface area contributed by atoms with Crippen LogP contribution in [0, 0.1) is 17.8 Å². The molecule has 1 aliphatic rings. The normalized spacial score (nSPS) is 16.1. The zero-order chi connectivity index (χ0) is 71.8. The van der Waals surface area contributed by atoms with Crippen molar-refractivity contribution in [2.24, 2.45) is 56.4 Å². The highest BCUT2D eigenvalue weighted by molar-refractivity contribution is 6.00. The Kier molecular flexibility index (Phi) is 35.2. The van der Waals surface area contributed by atoms with Gasteiger partial charge in [-0.1, -0.05) is 78.3 Å². The molecule has 1 saturated heterocycles. The van der Waals surface area contributed by atoms with Gasteiger partial charge in [-0.2, -0.15) is 0 Å². The predicted molar refractivity (Wildman–Crippen MR) is 343 cm³/mol. The number of aliphatic imine (C=N–C) groups is 2. The average Bonchev–Trinajstić information content (AvgIpc) is 1.77. The molecule has 530 valence electrons. The van der Waals surface area contributed by atoms with Gasteiger partial charge in [0, 0.05) is 32.5 Å². The van der Waals surface area contributed by atoms with Crippen molar-refractivity contribution in [3.63, 3.8) is 0 Å². The molecule has 12 atom stereocenters. The summed E-state index contributed by atoms with van der Waals surface area (Å²) in [7, 11) is 0. The third-order valence-electron chi connectivity index (χ3n) is 15.1. The molecule has 0 bridgehead atoms. The lowest BCUT2D eigenvalue weighted by molar-refractivity contribution is -0.146. The lowest BCUT2D eigenvalue weighted by atomic mass is 9.98. The Balaban J connectivity index is 2.48. The number of hydrogen-bond acceptors (Lipinski definition) is 17. The van der Waals surface area contributed by atoms with Gasteiger partial charge in [-0.15, -0.1) is 0 Å². The first-order valence-corrected chi connectivity index (χ1v) is 31.4. The van der Waals surface area contributed by atoms with Gasteiger partial charge in [-0.25, -0.2) is 4.79 Å². The Morgan fingerprint density at radius 1 is 0.526 bits per heavy atom. The molecule has 0 aliphatic carbocycles. The number of rotatable bonds is 43. The van der Waals surface area contributed by atoms with E-state index in [1.54, 1.807) is 58.0 Å². The van der Waals surface area contributed by atoms with Gasteiger partial charge in [0.2, 0.25) is 59.1 Å². The van der Waals surface area contributed by atoms with Gasteiger partial charge in [0.25, 0.3) is 0 Å². The van der Waals surface area contributed by atoms with Crippen molar-refractivity contribution in [1.82, 2.24) is 52.8 Å². The smallest absolute Gasteiger partial charge is 0.326 e. The molecule has 0 saturated carbocycles. The quantitative estimate of drug-likeness (QED) is 0.0169. The second-order valence-corrected chi connectivity index (χ2v) is 24.1. The van der Waals surface area contributed by atoms with Gasteiger partial charge in [0.1, 0.15) is 60.4 Å². The van der Waals surface area contributed by atoms with Gasteiger partial charge >= 0.3 is 23.9 Å². The minimum absolute atomic E-state index is 0.0117. The number of carboxylic acid groups (broad SMARTS) is 4. The first-order chi connectivity index (χ1) is 44.5. The van der Waals surface area contributed by atoms with Crippen LogP contribution in [-0.2, 0) is 73.5 Å². The average molecular weight is 1340 g/mol. The Labute approximate surface area is 550 Å². The van der Waals surface area contributed by atoms with Crippen LogP contribution in [0.2, 0.25) is 0 Å². The van der Waals surface area contributed by atoms with Crippen LogP contribution in [0.5, 0.6) is 0 Å². The van der Waals surface area contributed by atoms with Crippen molar-refractivity contribution >= 4 is 94.9 Å².